The molecule has 0 amide bonds. The molecule has 0 saturated carbocycles. The molecule has 0 bridgehead atoms. The monoisotopic (exact) mass is 232 g/mol. The topological polar surface area (TPSA) is 18.5 Å². The second-order valence-corrected chi connectivity index (χ2v) is 4.19. The number of hydrogen-bond acceptors (Lipinski definition) is 2. The van der Waals surface area contributed by atoms with Crippen molar-refractivity contribution in [3.8, 4) is 5.75 Å². The molecule has 0 spiro atoms. The van der Waals surface area contributed by atoms with E-state index in [1.807, 2.05) is 0 Å². The van der Waals surface area contributed by atoms with Crippen LogP contribution in [-0.4, -0.2) is 19.8 Å². The quantitative estimate of drug-likeness (QED) is 0.798. The summed E-state index contributed by atoms with van der Waals surface area (Å²) in [5.41, 5.74) is 0. The largest absolute Gasteiger partial charge is 0.493 e. The van der Waals surface area contributed by atoms with Gasteiger partial charge in [0.1, 0.15) is 5.75 Å². The van der Waals surface area contributed by atoms with Gasteiger partial charge in [0.05, 0.1) is 19.8 Å². The number of hydrogen-bond donors (Lipinski definition) is 0. The van der Waals surface area contributed by atoms with Crippen LogP contribution in [0.1, 0.15) is 0 Å². The van der Waals surface area contributed by atoms with Crippen LogP contribution in [0.5, 0.6) is 5.75 Å². The molecule has 1 aromatic carbocycles. The molecule has 1 heterocycles. The molecule has 1 fully saturated rings. The Labute approximate surface area is 92.7 Å². The van der Waals surface area contributed by atoms with Crippen molar-refractivity contribution in [3.05, 3.63) is 28.2 Å². The zero-order valence-electron chi connectivity index (χ0n) is 7.50. The Hall–Kier alpha value is -0.440. The highest BCUT2D eigenvalue weighted by Gasteiger charge is 2.18. The van der Waals surface area contributed by atoms with E-state index in [9.17, 15) is 0 Å². The predicted octanol–water partition coefficient (Wildman–Crippen LogP) is 3.02. The van der Waals surface area contributed by atoms with Crippen LogP contribution >= 0.6 is 23.2 Å². The summed E-state index contributed by atoms with van der Waals surface area (Å²) >= 11 is 11.6. The number of benzene rings is 1. The van der Waals surface area contributed by atoms with Crippen LogP contribution in [0.15, 0.2) is 18.2 Å². The van der Waals surface area contributed by atoms with E-state index < -0.39 is 0 Å². The average molecular weight is 233 g/mol. The first-order chi connectivity index (χ1) is 6.74. The molecular formula is C10H10Cl2O2. The van der Waals surface area contributed by atoms with Crippen molar-refractivity contribution < 1.29 is 9.47 Å². The van der Waals surface area contributed by atoms with Gasteiger partial charge in [-0.1, -0.05) is 23.2 Å². The standard InChI is InChI=1S/C10H10Cl2O2/c11-8-1-9(12)3-10(2-8)14-6-7-4-13-5-7/h1-3,7H,4-6H2. The minimum Gasteiger partial charge on any atom is -0.493 e. The Balaban J connectivity index is 1.94. The first kappa shape index (κ1) is 10.1. The minimum absolute atomic E-state index is 0.507. The van der Waals surface area contributed by atoms with Crippen LogP contribution in [0.25, 0.3) is 0 Å². The first-order valence-corrected chi connectivity index (χ1v) is 5.16. The normalized spacial score (nSPS) is 16.4. The Morgan fingerprint density at radius 2 is 1.86 bits per heavy atom. The Kier molecular flexibility index (Phi) is 3.16. The van der Waals surface area contributed by atoms with E-state index in [1.54, 1.807) is 18.2 Å². The SMILES string of the molecule is Clc1cc(Cl)cc(OCC2COC2)c1. The summed E-state index contributed by atoms with van der Waals surface area (Å²) in [5, 5.41) is 1.19. The molecule has 0 radical (unpaired) electrons. The van der Waals surface area contributed by atoms with Crippen molar-refractivity contribution in [3.63, 3.8) is 0 Å². The summed E-state index contributed by atoms with van der Waals surface area (Å²) in [5.74, 6) is 1.22. The van der Waals surface area contributed by atoms with Gasteiger partial charge in [0.2, 0.25) is 0 Å². The summed E-state index contributed by atoms with van der Waals surface area (Å²) < 4.78 is 10.6. The molecule has 0 unspecified atom stereocenters. The Morgan fingerprint density at radius 3 is 2.36 bits per heavy atom. The van der Waals surface area contributed by atoms with Gasteiger partial charge in [-0.15, -0.1) is 0 Å². The van der Waals surface area contributed by atoms with Crippen LogP contribution in [0.4, 0.5) is 0 Å². The van der Waals surface area contributed by atoms with Gasteiger partial charge < -0.3 is 9.47 Å². The van der Waals surface area contributed by atoms with Crippen LogP contribution in [-0.2, 0) is 4.74 Å². The maximum atomic E-state index is 5.82. The minimum atomic E-state index is 0.507. The lowest BCUT2D eigenvalue weighted by atomic mass is 10.1. The first-order valence-electron chi connectivity index (χ1n) is 4.40. The number of halogens is 2. The fourth-order valence-electron chi connectivity index (χ4n) is 1.21. The van der Waals surface area contributed by atoms with Crippen molar-refractivity contribution >= 4 is 23.2 Å². The molecule has 2 nitrogen and oxygen atoms in total. The van der Waals surface area contributed by atoms with Crippen LogP contribution in [0.3, 0.4) is 0 Å². The van der Waals surface area contributed by atoms with Gasteiger partial charge in [0.25, 0.3) is 0 Å². The van der Waals surface area contributed by atoms with Gasteiger partial charge in [-0.3, -0.25) is 0 Å². The fraction of sp³-hybridized carbons (Fsp3) is 0.400. The lowest BCUT2D eigenvalue weighted by Gasteiger charge is -2.25. The third kappa shape index (κ3) is 2.53. The smallest absolute Gasteiger partial charge is 0.122 e. The molecule has 14 heavy (non-hydrogen) atoms. The van der Waals surface area contributed by atoms with Crippen molar-refractivity contribution in [2.24, 2.45) is 5.92 Å². The molecule has 0 aromatic heterocycles. The highest BCUT2D eigenvalue weighted by molar-refractivity contribution is 6.34. The molecule has 0 aliphatic carbocycles. The highest BCUT2D eigenvalue weighted by atomic mass is 35.5. The molecule has 1 aliphatic heterocycles. The van der Waals surface area contributed by atoms with E-state index >= 15 is 0 Å². The second kappa shape index (κ2) is 4.39. The summed E-state index contributed by atoms with van der Waals surface area (Å²) in [6, 6.07) is 5.20. The van der Waals surface area contributed by atoms with E-state index in [2.05, 4.69) is 0 Å². The van der Waals surface area contributed by atoms with Crippen molar-refractivity contribution in [2.45, 2.75) is 0 Å². The molecule has 76 valence electrons. The third-order valence-corrected chi connectivity index (χ3v) is 2.47. The lowest BCUT2D eigenvalue weighted by Crippen LogP contribution is -2.32. The molecule has 1 aromatic rings. The van der Waals surface area contributed by atoms with Gasteiger partial charge in [0, 0.05) is 16.0 Å². The highest BCUT2D eigenvalue weighted by Crippen LogP contribution is 2.25. The lowest BCUT2D eigenvalue weighted by molar-refractivity contribution is -0.0508. The van der Waals surface area contributed by atoms with Gasteiger partial charge in [-0.25, -0.2) is 0 Å². The third-order valence-electron chi connectivity index (χ3n) is 2.03. The fourth-order valence-corrected chi connectivity index (χ4v) is 1.71. The van der Waals surface area contributed by atoms with Crippen LogP contribution in [0.2, 0.25) is 10.0 Å². The van der Waals surface area contributed by atoms with E-state index in [-0.39, 0.29) is 0 Å². The summed E-state index contributed by atoms with van der Waals surface area (Å²) in [7, 11) is 0. The maximum Gasteiger partial charge on any atom is 0.122 e. The van der Waals surface area contributed by atoms with Crippen molar-refractivity contribution in [1.29, 1.82) is 0 Å². The van der Waals surface area contributed by atoms with Gasteiger partial charge in [-0.2, -0.15) is 0 Å². The second-order valence-electron chi connectivity index (χ2n) is 3.32. The predicted molar refractivity (Wildman–Crippen MR) is 56.3 cm³/mol. The molecular weight excluding hydrogens is 223 g/mol. The van der Waals surface area contributed by atoms with Crippen LogP contribution < -0.4 is 4.74 Å². The van der Waals surface area contributed by atoms with Crippen molar-refractivity contribution in [1.82, 2.24) is 0 Å². The Morgan fingerprint density at radius 1 is 1.21 bits per heavy atom. The average Bonchev–Trinajstić information content (AvgIpc) is 1.99. The molecule has 1 saturated heterocycles. The molecule has 2 rings (SSSR count). The number of ether oxygens (including phenoxy) is 2. The molecule has 4 heteroatoms. The maximum absolute atomic E-state index is 5.82. The van der Waals surface area contributed by atoms with E-state index in [0.29, 0.717) is 22.6 Å². The summed E-state index contributed by atoms with van der Waals surface area (Å²) in [4.78, 5) is 0. The zero-order valence-corrected chi connectivity index (χ0v) is 9.02. The van der Waals surface area contributed by atoms with Gasteiger partial charge >= 0.3 is 0 Å². The van der Waals surface area contributed by atoms with Gasteiger partial charge in [-0.05, 0) is 18.2 Å². The summed E-state index contributed by atoms with van der Waals surface area (Å²) in [6.45, 7) is 2.24. The molecule has 0 atom stereocenters. The van der Waals surface area contributed by atoms with E-state index in [0.717, 1.165) is 19.0 Å². The number of rotatable bonds is 3. The van der Waals surface area contributed by atoms with Crippen molar-refractivity contribution in [2.75, 3.05) is 19.8 Å². The Bertz CT molecular complexity index is 304. The molecule has 0 N–H and O–H groups in total. The van der Waals surface area contributed by atoms with E-state index in [4.69, 9.17) is 32.7 Å². The van der Waals surface area contributed by atoms with Gasteiger partial charge in [0.15, 0.2) is 0 Å². The van der Waals surface area contributed by atoms with E-state index in [1.165, 1.54) is 0 Å². The molecule has 1 aliphatic rings. The zero-order chi connectivity index (χ0) is 9.97. The summed E-state index contributed by atoms with van der Waals surface area (Å²) in [6.07, 6.45) is 0. The van der Waals surface area contributed by atoms with Crippen LogP contribution in [0, 0.1) is 5.92 Å².